The topological polar surface area (TPSA) is 18.5 Å². The molecule has 0 radical (unpaired) electrons. The minimum Gasteiger partial charge on any atom is -0.348 e. The van der Waals surface area contributed by atoms with Crippen molar-refractivity contribution in [1.29, 1.82) is 0 Å². The molecule has 0 amide bonds. The fraction of sp³-hybridized carbons (Fsp3) is 0.684. The van der Waals surface area contributed by atoms with Crippen LogP contribution in [0.2, 0.25) is 0 Å². The van der Waals surface area contributed by atoms with E-state index in [1.165, 1.54) is 32.1 Å². The van der Waals surface area contributed by atoms with Gasteiger partial charge in [-0.3, -0.25) is 0 Å². The lowest BCUT2D eigenvalue weighted by Gasteiger charge is -2.45. The van der Waals surface area contributed by atoms with Crippen LogP contribution in [0, 0.1) is 5.92 Å². The average molecular weight is 286 g/mol. The highest BCUT2D eigenvalue weighted by molar-refractivity contribution is 5.41. The van der Waals surface area contributed by atoms with Gasteiger partial charge in [0.05, 0.1) is 13.2 Å². The van der Waals surface area contributed by atoms with E-state index < -0.39 is 0 Å². The standard InChI is InChI=1S/C19H26O2/c1-2-5-16-14-15-6-3-4-7-17(15)18(16)8-10-19(11-9-18)20-12-13-21-19/h3-4,6-7,16H,2,5,8-14H2,1H3. The van der Waals surface area contributed by atoms with Gasteiger partial charge < -0.3 is 9.47 Å². The van der Waals surface area contributed by atoms with E-state index in [2.05, 4.69) is 31.2 Å². The van der Waals surface area contributed by atoms with E-state index in [1.54, 1.807) is 11.1 Å². The summed E-state index contributed by atoms with van der Waals surface area (Å²) in [6.07, 6.45) is 8.52. The molecule has 3 aliphatic rings. The van der Waals surface area contributed by atoms with Crippen LogP contribution in [0.5, 0.6) is 0 Å². The van der Waals surface area contributed by atoms with Crippen molar-refractivity contribution in [3.8, 4) is 0 Å². The predicted octanol–water partition coefficient (Wildman–Crippen LogP) is 4.21. The molecular formula is C19H26O2. The predicted molar refractivity (Wildman–Crippen MR) is 83.3 cm³/mol. The maximum Gasteiger partial charge on any atom is 0.168 e. The number of hydrogen-bond acceptors (Lipinski definition) is 2. The Hall–Kier alpha value is -0.860. The Labute approximate surface area is 127 Å². The Bertz CT molecular complexity index is 506. The van der Waals surface area contributed by atoms with Crippen LogP contribution in [0.4, 0.5) is 0 Å². The van der Waals surface area contributed by atoms with E-state index in [1.807, 2.05) is 0 Å². The Morgan fingerprint density at radius 1 is 1.05 bits per heavy atom. The highest BCUT2D eigenvalue weighted by atomic mass is 16.7. The van der Waals surface area contributed by atoms with Crippen LogP contribution in [0.1, 0.15) is 56.6 Å². The second-order valence-corrected chi connectivity index (χ2v) is 7.11. The van der Waals surface area contributed by atoms with Crippen molar-refractivity contribution in [2.24, 2.45) is 5.92 Å². The molecule has 1 aromatic rings. The van der Waals surface area contributed by atoms with Gasteiger partial charge in [0.15, 0.2) is 5.79 Å². The molecule has 1 saturated heterocycles. The molecule has 2 fully saturated rings. The molecule has 0 N–H and O–H groups in total. The SMILES string of the molecule is CCCC1Cc2ccccc2C12CCC1(CC2)OCCO1. The van der Waals surface area contributed by atoms with Gasteiger partial charge in [-0.1, -0.05) is 37.6 Å². The molecule has 4 rings (SSSR count). The highest BCUT2D eigenvalue weighted by Crippen LogP contribution is 2.56. The molecule has 1 saturated carbocycles. The van der Waals surface area contributed by atoms with Gasteiger partial charge in [-0.05, 0) is 48.1 Å². The van der Waals surface area contributed by atoms with E-state index in [0.29, 0.717) is 5.41 Å². The molecule has 114 valence electrons. The van der Waals surface area contributed by atoms with Gasteiger partial charge in [0.25, 0.3) is 0 Å². The van der Waals surface area contributed by atoms with Crippen molar-refractivity contribution in [1.82, 2.24) is 0 Å². The summed E-state index contributed by atoms with van der Waals surface area (Å²) >= 11 is 0. The lowest BCUT2D eigenvalue weighted by atomic mass is 9.63. The van der Waals surface area contributed by atoms with Crippen LogP contribution in [0.3, 0.4) is 0 Å². The molecule has 0 aromatic heterocycles. The van der Waals surface area contributed by atoms with E-state index in [-0.39, 0.29) is 5.79 Å². The van der Waals surface area contributed by atoms with Gasteiger partial charge in [0.1, 0.15) is 0 Å². The molecule has 2 spiro atoms. The molecule has 0 bridgehead atoms. The van der Waals surface area contributed by atoms with Crippen molar-refractivity contribution in [3.63, 3.8) is 0 Å². The van der Waals surface area contributed by atoms with Crippen molar-refractivity contribution in [2.45, 2.75) is 63.1 Å². The maximum atomic E-state index is 5.95. The summed E-state index contributed by atoms with van der Waals surface area (Å²) in [4.78, 5) is 0. The average Bonchev–Trinajstić information content (AvgIpc) is 3.08. The third kappa shape index (κ3) is 2.07. The second kappa shape index (κ2) is 5.10. The van der Waals surface area contributed by atoms with E-state index in [4.69, 9.17) is 9.47 Å². The van der Waals surface area contributed by atoms with Gasteiger partial charge in [-0.2, -0.15) is 0 Å². The summed E-state index contributed by atoms with van der Waals surface area (Å²) in [6.45, 7) is 3.88. The van der Waals surface area contributed by atoms with E-state index >= 15 is 0 Å². The van der Waals surface area contributed by atoms with Crippen molar-refractivity contribution < 1.29 is 9.47 Å². The highest BCUT2D eigenvalue weighted by Gasteiger charge is 2.52. The Kier molecular flexibility index (Phi) is 3.35. The quantitative estimate of drug-likeness (QED) is 0.810. The monoisotopic (exact) mass is 286 g/mol. The normalized spacial score (nSPS) is 29.1. The Morgan fingerprint density at radius 2 is 1.76 bits per heavy atom. The van der Waals surface area contributed by atoms with Gasteiger partial charge in [-0.15, -0.1) is 0 Å². The first-order chi connectivity index (χ1) is 10.3. The summed E-state index contributed by atoms with van der Waals surface area (Å²) in [6, 6.07) is 9.16. The largest absolute Gasteiger partial charge is 0.348 e. The van der Waals surface area contributed by atoms with Crippen LogP contribution in [-0.2, 0) is 21.3 Å². The van der Waals surface area contributed by atoms with Crippen molar-refractivity contribution >= 4 is 0 Å². The number of fused-ring (bicyclic) bond motifs is 2. The van der Waals surface area contributed by atoms with Gasteiger partial charge in [-0.25, -0.2) is 0 Å². The first kappa shape index (κ1) is 13.8. The second-order valence-electron chi connectivity index (χ2n) is 7.11. The van der Waals surface area contributed by atoms with Crippen LogP contribution < -0.4 is 0 Å². The van der Waals surface area contributed by atoms with Crippen LogP contribution in [0.15, 0.2) is 24.3 Å². The smallest absolute Gasteiger partial charge is 0.168 e. The van der Waals surface area contributed by atoms with Gasteiger partial charge >= 0.3 is 0 Å². The summed E-state index contributed by atoms with van der Waals surface area (Å²) in [5.41, 5.74) is 3.63. The first-order valence-corrected chi connectivity index (χ1v) is 8.64. The fourth-order valence-corrected chi connectivity index (χ4v) is 5.13. The zero-order chi connectivity index (χ0) is 14.3. The van der Waals surface area contributed by atoms with E-state index in [0.717, 1.165) is 32.0 Å². The molecule has 1 unspecified atom stereocenters. The summed E-state index contributed by atoms with van der Waals surface area (Å²) in [7, 11) is 0. The third-order valence-corrected chi connectivity index (χ3v) is 6.16. The Morgan fingerprint density at radius 3 is 2.48 bits per heavy atom. The van der Waals surface area contributed by atoms with Crippen LogP contribution in [-0.4, -0.2) is 19.0 Å². The van der Waals surface area contributed by atoms with Crippen molar-refractivity contribution in [2.75, 3.05) is 13.2 Å². The van der Waals surface area contributed by atoms with Crippen LogP contribution in [0.25, 0.3) is 0 Å². The molecule has 1 aliphatic heterocycles. The molecular weight excluding hydrogens is 260 g/mol. The lowest BCUT2D eigenvalue weighted by molar-refractivity contribution is -0.187. The molecule has 21 heavy (non-hydrogen) atoms. The molecule has 1 atom stereocenters. The molecule has 2 nitrogen and oxygen atoms in total. The maximum absolute atomic E-state index is 5.95. The number of rotatable bonds is 2. The lowest BCUT2D eigenvalue weighted by Crippen LogP contribution is -2.44. The zero-order valence-electron chi connectivity index (χ0n) is 13.1. The minimum atomic E-state index is -0.237. The van der Waals surface area contributed by atoms with Crippen LogP contribution >= 0.6 is 0 Å². The third-order valence-electron chi connectivity index (χ3n) is 6.16. The molecule has 2 heteroatoms. The fourth-order valence-electron chi connectivity index (χ4n) is 5.13. The summed E-state index contributed by atoms with van der Waals surface area (Å²) < 4.78 is 11.9. The number of hydrogen-bond donors (Lipinski definition) is 0. The van der Waals surface area contributed by atoms with Gasteiger partial charge in [0.2, 0.25) is 0 Å². The minimum absolute atomic E-state index is 0.237. The number of benzene rings is 1. The first-order valence-electron chi connectivity index (χ1n) is 8.64. The molecule has 1 heterocycles. The summed E-state index contributed by atoms with van der Waals surface area (Å²) in [5.74, 6) is 0.582. The summed E-state index contributed by atoms with van der Waals surface area (Å²) in [5, 5.41) is 0. The number of ether oxygens (including phenoxy) is 2. The Balaban J connectivity index is 1.65. The van der Waals surface area contributed by atoms with E-state index in [9.17, 15) is 0 Å². The molecule has 2 aliphatic carbocycles. The molecule has 1 aromatic carbocycles. The zero-order valence-corrected chi connectivity index (χ0v) is 13.1. The van der Waals surface area contributed by atoms with Gasteiger partial charge in [0, 0.05) is 12.8 Å². The van der Waals surface area contributed by atoms with Crippen molar-refractivity contribution in [3.05, 3.63) is 35.4 Å².